The van der Waals surface area contributed by atoms with Crippen LogP contribution in [0.3, 0.4) is 0 Å². The topological polar surface area (TPSA) is 42.9 Å². The highest BCUT2D eigenvalue weighted by atomic mass is 15.5. The van der Waals surface area contributed by atoms with Crippen molar-refractivity contribution in [2.24, 2.45) is 5.10 Å². The normalized spacial score (nSPS) is 34.0. The van der Waals surface area contributed by atoms with E-state index in [0.29, 0.717) is 0 Å². The lowest BCUT2D eigenvalue weighted by molar-refractivity contribution is -0.896. The highest BCUT2D eigenvalue weighted by Gasteiger charge is 2.08. The van der Waals surface area contributed by atoms with E-state index in [1.54, 1.807) is 7.05 Å². The highest BCUT2D eigenvalue weighted by Crippen LogP contribution is 1.81. The molecule has 1 aliphatic heterocycles. The predicted molar refractivity (Wildman–Crippen MR) is 36.5 cm³/mol. The molecule has 0 saturated heterocycles. The van der Waals surface area contributed by atoms with Crippen molar-refractivity contribution in [3.63, 3.8) is 0 Å². The van der Waals surface area contributed by atoms with E-state index in [1.165, 1.54) is 4.90 Å². The molecule has 52 valence electrons. The van der Waals surface area contributed by atoms with Crippen LogP contribution in [-0.4, -0.2) is 33.1 Å². The number of nitrogens with zero attached hydrogens (tertiary/aromatic N) is 2. The second-order valence-electron chi connectivity index (χ2n) is 2.15. The van der Waals surface area contributed by atoms with Crippen LogP contribution in [0.4, 0.5) is 0 Å². The summed E-state index contributed by atoms with van der Waals surface area (Å²) in [7, 11) is 3.87. The Morgan fingerprint density at radius 3 is 3.11 bits per heavy atom. The van der Waals surface area contributed by atoms with E-state index in [-0.39, 0.29) is 6.29 Å². The van der Waals surface area contributed by atoms with E-state index in [4.69, 9.17) is 0 Å². The Balaban J connectivity index is 2.43. The molecule has 1 heterocycles. The van der Waals surface area contributed by atoms with Crippen molar-refractivity contribution in [1.82, 2.24) is 5.43 Å². The van der Waals surface area contributed by atoms with Gasteiger partial charge in [0, 0.05) is 0 Å². The van der Waals surface area contributed by atoms with E-state index in [9.17, 15) is 0 Å². The Kier molecular flexibility index (Phi) is 2.02. The van der Waals surface area contributed by atoms with Gasteiger partial charge in [-0.2, -0.15) is 12.1 Å². The van der Waals surface area contributed by atoms with Gasteiger partial charge in [0.2, 0.25) is 0 Å². The highest BCUT2D eigenvalue weighted by molar-refractivity contribution is 5.58. The van der Waals surface area contributed by atoms with Crippen molar-refractivity contribution in [3.05, 3.63) is 5.32 Å². The fraction of sp³-hybridized carbons (Fsp3) is 0.800. The molecular formula is C5H12N4. The van der Waals surface area contributed by atoms with E-state index in [0.717, 1.165) is 6.54 Å². The standard InChI is InChI=1S/C5H11N4/c1-6-5-8-7-3-4-9(5)2/h3,5,8H,4H2,1-2H3/q-1/p+1. The molecule has 0 bridgehead atoms. The molecular weight excluding hydrogens is 116 g/mol. The fourth-order valence-corrected chi connectivity index (χ4v) is 0.813. The molecule has 0 aromatic heterocycles. The maximum Gasteiger partial charge on any atom is 0.115 e. The Hall–Kier alpha value is -0.610. The number of hydrogen-bond acceptors (Lipinski definition) is 2. The van der Waals surface area contributed by atoms with Crippen molar-refractivity contribution >= 4 is 6.21 Å². The zero-order valence-corrected chi connectivity index (χ0v) is 5.76. The second-order valence-corrected chi connectivity index (χ2v) is 2.15. The lowest BCUT2D eigenvalue weighted by Gasteiger charge is -2.34. The molecule has 0 aromatic rings. The SMILES string of the molecule is C[N-]C1NN=CC[NH+]1C. The van der Waals surface area contributed by atoms with E-state index < -0.39 is 0 Å². The summed E-state index contributed by atoms with van der Waals surface area (Å²) in [6, 6.07) is 0. The lowest BCUT2D eigenvalue weighted by atomic mass is 10.5. The molecule has 0 aliphatic carbocycles. The molecule has 2 unspecified atom stereocenters. The van der Waals surface area contributed by atoms with Gasteiger partial charge in [-0.25, -0.2) is 0 Å². The van der Waals surface area contributed by atoms with Crippen molar-refractivity contribution in [2.45, 2.75) is 6.29 Å². The van der Waals surface area contributed by atoms with Crippen LogP contribution in [0.25, 0.3) is 5.32 Å². The van der Waals surface area contributed by atoms with Crippen LogP contribution in [0.2, 0.25) is 0 Å². The number of hydrazone groups is 1. The molecule has 0 spiro atoms. The minimum absolute atomic E-state index is 0.148. The Bertz CT molecular complexity index is 112. The zero-order valence-electron chi connectivity index (χ0n) is 5.76. The van der Waals surface area contributed by atoms with Gasteiger partial charge in [-0.1, -0.05) is 0 Å². The smallest absolute Gasteiger partial charge is 0.115 e. The zero-order chi connectivity index (χ0) is 6.69. The summed E-state index contributed by atoms with van der Waals surface area (Å²) in [5, 5.41) is 7.96. The molecule has 0 aromatic carbocycles. The van der Waals surface area contributed by atoms with Crippen LogP contribution in [-0.2, 0) is 0 Å². The summed E-state index contributed by atoms with van der Waals surface area (Å²) in [5.41, 5.74) is 2.88. The van der Waals surface area contributed by atoms with Crippen LogP contribution in [0.1, 0.15) is 0 Å². The lowest BCUT2D eigenvalue weighted by Crippen LogP contribution is -3.15. The summed E-state index contributed by atoms with van der Waals surface area (Å²) >= 11 is 0. The minimum atomic E-state index is 0.148. The largest absolute Gasteiger partial charge is 0.592 e. The fourth-order valence-electron chi connectivity index (χ4n) is 0.813. The Labute approximate surface area is 54.9 Å². The van der Waals surface area contributed by atoms with Gasteiger partial charge in [0.1, 0.15) is 6.54 Å². The molecule has 2 atom stereocenters. The van der Waals surface area contributed by atoms with Gasteiger partial charge >= 0.3 is 0 Å². The van der Waals surface area contributed by atoms with Crippen molar-refractivity contribution < 1.29 is 4.90 Å². The van der Waals surface area contributed by atoms with Gasteiger partial charge in [0.05, 0.1) is 19.6 Å². The summed E-state index contributed by atoms with van der Waals surface area (Å²) in [5.74, 6) is 0. The quantitative estimate of drug-likeness (QED) is 0.438. The van der Waals surface area contributed by atoms with E-state index in [1.807, 2.05) is 6.21 Å². The van der Waals surface area contributed by atoms with Gasteiger partial charge < -0.3 is 10.2 Å². The van der Waals surface area contributed by atoms with Crippen LogP contribution >= 0.6 is 0 Å². The third kappa shape index (κ3) is 1.40. The molecule has 0 amide bonds. The first-order valence-corrected chi connectivity index (χ1v) is 3.03. The van der Waals surface area contributed by atoms with Gasteiger partial charge in [-0.15, -0.1) is 0 Å². The first-order valence-electron chi connectivity index (χ1n) is 3.03. The number of quaternary nitrogens is 1. The molecule has 9 heavy (non-hydrogen) atoms. The average molecular weight is 128 g/mol. The summed E-state index contributed by atoms with van der Waals surface area (Å²) in [6.07, 6.45) is 2.01. The van der Waals surface area contributed by atoms with Crippen LogP contribution in [0.5, 0.6) is 0 Å². The molecule has 0 radical (unpaired) electrons. The number of hydrogen-bond donors (Lipinski definition) is 2. The van der Waals surface area contributed by atoms with Crippen molar-refractivity contribution in [1.29, 1.82) is 0 Å². The monoisotopic (exact) mass is 128 g/mol. The minimum Gasteiger partial charge on any atom is -0.592 e. The maximum absolute atomic E-state index is 4.07. The first-order chi connectivity index (χ1) is 4.34. The van der Waals surface area contributed by atoms with E-state index >= 15 is 0 Å². The molecule has 0 fully saturated rings. The van der Waals surface area contributed by atoms with Gasteiger partial charge in [-0.05, 0) is 0 Å². The Morgan fingerprint density at radius 1 is 1.89 bits per heavy atom. The number of nitrogens with one attached hydrogen (secondary N) is 2. The van der Waals surface area contributed by atoms with Gasteiger partial charge in [-0.3, -0.25) is 5.43 Å². The summed E-state index contributed by atoms with van der Waals surface area (Å²) < 4.78 is 0. The van der Waals surface area contributed by atoms with Crippen LogP contribution in [0, 0.1) is 0 Å². The predicted octanol–water partition coefficient (Wildman–Crippen LogP) is -1.62. The first kappa shape index (κ1) is 6.51. The summed E-state index contributed by atoms with van der Waals surface area (Å²) in [4.78, 5) is 1.33. The molecule has 2 N–H and O–H groups in total. The number of rotatable bonds is 1. The third-order valence-electron chi connectivity index (χ3n) is 1.43. The van der Waals surface area contributed by atoms with Crippen molar-refractivity contribution in [2.75, 3.05) is 20.6 Å². The molecule has 1 rings (SSSR count). The maximum atomic E-state index is 4.07. The van der Waals surface area contributed by atoms with Gasteiger partial charge in [0.15, 0.2) is 0 Å². The van der Waals surface area contributed by atoms with Crippen LogP contribution in [0.15, 0.2) is 5.10 Å². The molecule has 0 saturated carbocycles. The summed E-state index contributed by atoms with van der Waals surface area (Å²) in [6.45, 7) is 0.953. The van der Waals surface area contributed by atoms with Gasteiger partial charge in [0.25, 0.3) is 0 Å². The van der Waals surface area contributed by atoms with E-state index in [2.05, 4.69) is 22.9 Å². The van der Waals surface area contributed by atoms with Crippen molar-refractivity contribution in [3.8, 4) is 0 Å². The average Bonchev–Trinajstić information content (AvgIpc) is 1.89. The third-order valence-corrected chi connectivity index (χ3v) is 1.43. The molecule has 1 aliphatic rings. The second kappa shape index (κ2) is 2.80. The Morgan fingerprint density at radius 2 is 2.67 bits per heavy atom. The molecule has 4 nitrogen and oxygen atoms in total. The van der Waals surface area contributed by atoms with Crippen LogP contribution < -0.4 is 10.3 Å². The molecule has 4 heteroatoms.